The maximum absolute atomic E-state index is 2.42. The Balaban J connectivity index is 1.75. The number of benzene rings is 1. The zero-order chi connectivity index (χ0) is 8.60. The van der Waals surface area contributed by atoms with Crippen molar-refractivity contribution in [3.05, 3.63) is 35.4 Å². The molecule has 4 fully saturated rings. The third-order valence-corrected chi connectivity index (χ3v) is 6.48. The van der Waals surface area contributed by atoms with E-state index >= 15 is 0 Å². The van der Waals surface area contributed by atoms with E-state index in [-0.39, 0.29) is 0 Å². The molecule has 0 N–H and O–H groups in total. The maximum Gasteiger partial charge on any atom is -0.00908 e. The van der Waals surface area contributed by atoms with Gasteiger partial charge in [-0.1, -0.05) is 24.3 Å². The zero-order valence-corrected chi connectivity index (χ0v) is 7.93. The van der Waals surface area contributed by atoms with Crippen molar-refractivity contribution in [3.63, 3.8) is 0 Å². The first kappa shape index (κ1) is 5.95. The molecule has 1 aromatic rings. The molecular weight excluding hydrogens is 168 g/mol. The van der Waals surface area contributed by atoms with Crippen LogP contribution < -0.4 is 0 Å². The van der Waals surface area contributed by atoms with Gasteiger partial charge in [-0.15, -0.1) is 0 Å². The molecule has 0 heterocycles. The molecule has 6 aliphatic rings. The fourth-order valence-corrected chi connectivity index (χ4v) is 6.36. The zero-order valence-electron chi connectivity index (χ0n) is 7.93. The van der Waals surface area contributed by atoms with E-state index in [1.807, 2.05) is 0 Å². The molecule has 1 aromatic carbocycles. The lowest BCUT2D eigenvalue weighted by molar-refractivity contribution is -0.407. The third-order valence-electron chi connectivity index (χ3n) is 6.48. The van der Waals surface area contributed by atoms with Gasteiger partial charge in [-0.3, -0.25) is 0 Å². The highest BCUT2D eigenvalue weighted by atomic mass is 14.9. The van der Waals surface area contributed by atoms with Gasteiger partial charge in [0, 0.05) is 0 Å². The molecule has 0 saturated heterocycles. The van der Waals surface area contributed by atoms with Crippen LogP contribution in [0.5, 0.6) is 0 Å². The number of hydrogen-bond acceptors (Lipinski definition) is 0. The highest BCUT2D eigenvalue weighted by Gasteiger charge is 2.88. The summed E-state index contributed by atoms with van der Waals surface area (Å²) in [5, 5.41) is 0. The Kier molecular flexibility index (Phi) is 0.592. The van der Waals surface area contributed by atoms with Gasteiger partial charge in [-0.2, -0.15) is 0 Å². The van der Waals surface area contributed by atoms with Crippen LogP contribution in [-0.4, -0.2) is 0 Å². The summed E-state index contributed by atoms with van der Waals surface area (Å²) in [4.78, 5) is 0. The van der Waals surface area contributed by atoms with Crippen LogP contribution in [0, 0.1) is 35.5 Å². The predicted molar refractivity (Wildman–Crippen MR) is 52.9 cm³/mol. The Labute approximate surface area is 83.3 Å². The molecule has 0 amide bonds. The molecule has 0 unspecified atom stereocenters. The lowest BCUT2D eigenvalue weighted by atomic mass is 9.11. The molecule has 7 rings (SSSR count). The number of hydrogen-bond donors (Lipinski definition) is 0. The van der Waals surface area contributed by atoms with Crippen molar-refractivity contribution in [2.75, 3.05) is 0 Å². The fourth-order valence-electron chi connectivity index (χ4n) is 6.36. The molecule has 0 aromatic heterocycles. The van der Waals surface area contributed by atoms with Gasteiger partial charge in [-0.25, -0.2) is 0 Å². The molecule has 0 heteroatoms. The Morgan fingerprint density at radius 3 is 1.43 bits per heavy atom. The van der Waals surface area contributed by atoms with Crippen LogP contribution in [0.25, 0.3) is 0 Å². The largest absolute Gasteiger partial charge is 0.0620 e. The summed E-state index contributed by atoms with van der Waals surface area (Å²) in [6, 6.07) is 9.33. The minimum absolute atomic E-state index is 1.03. The van der Waals surface area contributed by atoms with Gasteiger partial charge in [0.05, 0.1) is 0 Å². The molecule has 0 spiro atoms. The van der Waals surface area contributed by atoms with Crippen LogP contribution in [0.15, 0.2) is 24.3 Å². The van der Waals surface area contributed by atoms with Crippen molar-refractivity contribution < 1.29 is 0 Å². The first-order valence-corrected chi connectivity index (χ1v) is 6.07. The third kappa shape index (κ3) is 0.303. The second-order valence-corrected chi connectivity index (χ2v) is 6.14. The Morgan fingerprint density at radius 2 is 1.00 bits per heavy atom. The van der Waals surface area contributed by atoms with E-state index in [4.69, 9.17) is 0 Å². The van der Waals surface area contributed by atoms with Gasteiger partial charge in [-0.05, 0) is 58.5 Å². The molecule has 0 radical (unpaired) electrons. The monoisotopic (exact) mass is 180 g/mol. The fraction of sp³-hybridized carbons (Fsp3) is 0.571. The average molecular weight is 180 g/mol. The highest BCUT2D eigenvalue weighted by Crippen LogP contribution is 2.94. The van der Waals surface area contributed by atoms with Gasteiger partial charge in [0.25, 0.3) is 0 Å². The van der Waals surface area contributed by atoms with Gasteiger partial charge in [0.15, 0.2) is 0 Å². The normalized spacial score (nSPS) is 66.6. The van der Waals surface area contributed by atoms with Crippen molar-refractivity contribution in [1.82, 2.24) is 0 Å². The summed E-state index contributed by atoms with van der Waals surface area (Å²) in [5.41, 5.74) is 3.52. The molecule has 2 bridgehead atoms. The second kappa shape index (κ2) is 1.39. The summed E-state index contributed by atoms with van der Waals surface area (Å²) < 4.78 is 0. The quantitative estimate of drug-likeness (QED) is 0.575. The SMILES string of the molecule is c1ccc2c(c1)C1[C@H]3C4C5[C@@H]3C2[C@@H]5[C@@H]14. The Morgan fingerprint density at radius 1 is 0.571 bits per heavy atom. The second-order valence-electron chi connectivity index (χ2n) is 6.14. The molecule has 68 valence electrons. The standard InChI is InChI=1S/C14H12/c1-2-4-6-5(3-1)7-9-11-8(6)12-10(7)13(9)14(11)12/h1-4,7-14H/t7?,8?,9-,10-,11-,12-,13?,14?/m1/s1. The van der Waals surface area contributed by atoms with E-state index in [1.165, 1.54) is 11.8 Å². The van der Waals surface area contributed by atoms with Crippen molar-refractivity contribution in [2.45, 2.75) is 11.8 Å². The van der Waals surface area contributed by atoms with Crippen molar-refractivity contribution in [3.8, 4) is 0 Å². The van der Waals surface area contributed by atoms with Gasteiger partial charge < -0.3 is 0 Å². The van der Waals surface area contributed by atoms with Gasteiger partial charge in [0.1, 0.15) is 0 Å². The Hall–Kier alpha value is -0.780. The van der Waals surface area contributed by atoms with E-state index in [0.29, 0.717) is 0 Å². The predicted octanol–water partition coefficient (Wildman–Crippen LogP) is 2.62. The smallest absolute Gasteiger partial charge is 0.00908 e. The minimum atomic E-state index is 1.03. The van der Waals surface area contributed by atoms with E-state index in [1.54, 1.807) is 11.1 Å². The summed E-state index contributed by atoms with van der Waals surface area (Å²) in [5.74, 6) is 9.15. The molecular formula is C14H12. The topological polar surface area (TPSA) is 0 Å². The molecule has 0 nitrogen and oxygen atoms in total. The molecule has 0 aliphatic heterocycles. The average Bonchev–Trinajstić information content (AvgIpc) is 2.20. The van der Waals surface area contributed by atoms with Crippen molar-refractivity contribution in [1.29, 1.82) is 0 Å². The van der Waals surface area contributed by atoms with Crippen molar-refractivity contribution in [2.24, 2.45) is 35.5 Å². The van der Waals surface area contributed by atoms with Crippen LogP contribution in [0.1, 0.15) is 23.0 Å². The number of rotatable bonds is 0. The summed E-state index contributed by atoms with van der Waals surface area (Å²) in [6.45, 7) is 0. The van der Waals surface area contributed by atoms with E-state index < -0.39 is 0 Å². The lowest BCUT2D eigenvalue weighted by Gasteiger charge is -2.93. The molecule has 14 heavy (non-hydrogen) atoms. The highest BCUT2D eigenvalue weighted by molar-refractivity contribution is 5.55. The summed E-state index contributed by atoms with van der Waals surface area (Å²) in [7, 11) is 0. The van der Waals surface area contributed by atoms with E-state index in [0.717, 1.165) is 35.5 Å². The summed E-state index contributed by atoms with van der Waals surface area (Å²) >= 11 is 0. The maximum atomic E-state index is 2.42. The Bertz CT molecular complexity index is 424. The van der Waals surface area contributed by atoms with E-state index in [2.05, 4.69) is 24.3 Å². The van der Waals surface area contributed by atoms with Crippen LogP contribution in [0.3, 0.4) is 0 Å². The first-order chi connectivity index (χ1) is 6.98. The van der Waals surface area contributed by atoms with E-state index in [9.17, 15) is 0 Å². The molecule has 4 atom stereocenters. The molecule has 6 aliphatic carbocycles. The van der Waals surface area contributed by atoms with Gasteiger partial charge in [0.2, 0.25) is 0 Å². The summed E-state index contributed by atoms with van der Waals surface area (Å²) in [6.07, 6.45) is 0. The first-order valence-electron chi connectivity index (χ1n) is 6.07. The van der Waals surface area contributed by atoms with Gasteiger partial charge >= 0.3 is 0 Å². The van der Waals surface area contributed by atoms with Crippen LogP contribution in [0.4, 0.5) is 0 Å². The minimum Gasteiger partial charge on any atom is -0.0620 e. The van der Waals surface area contributed by atoms with Crippen LogP contribution in [-0.2, 0) is 0 Å². The van der Waals surface area contributed by atoms with Crippen LogP contribution >= 0.6 is 0 Å². The van der Waals surface area contributed by atoms with Crippen molar-refractivity contribution >= 4 is 0 Å². The lowest BCUT2D eigenvalue weighted by Crippen LogP contribution is -2.87. The van der Waals surface area contributed by atoms with Crippen LogP contribution in [0.2, 0.25) is 0 Å². The molecule has 4 saturated carbocycles.